The predicted molar refractivity (Wildman–Crippen MR) is 114 cm³/mol. The van der Waals surface area contributed by atoms with E-state index in [1.54, 1.807) is 43.5 Å². The van der Waals surface area contributed by atoms with Crippen LogP contribution in [0.15, 0.2) is 71.6 Å². The second-order valence-corrected chi connectivity index (χ2v) is 9.30. The van der Waals surface area contributed by atoms with Crippen molar-refractivity contribution in [1.29, 1.82) is 0 Å². The van der Waals surface area contributed by atoms with E-state index >= 15 is 0 Å². The highest BCUT2D eigenvalue weighted by atomic mass is 32.2. The number of fused-ring (bicyclic) bond motifs is 4. The van der Waals surface area contributed by atoms with Gasteiger partial charge in [0.1, 0.15) is 16.4 Å². The first-order chi connectivity index (χ1) is 14.5. The second-order valence-electron chi connectivity index (χ2n) is 7.75. The summed E-state index contributed by atoms with van der Waals surface area (Å²) in [7, 11) is -2.17. The second kappa shape index (κ2) is 7.45. The summed E-state index contributed by atoms with van der Waals surface area (Å²) in [6.07, 6.45) is 1.78. The van der Waals surface area contributed by atoms with E-state index in [0.717, 1.165) is 36.3 Å². The van der Waals surface area contributed by atoms with Gasteiger partial charge in [-0.1, -0.05) is 36.4 Å². The lowest BCUT2D eigenvalue weighted by Gasteiger charge is -2.41. The lowest BCUT2D eigenvalue weighted by Crippen LogP contribution is -2.39. The number of rotatable bonds is 4. The minimum atomic E-state index is -3.86. The van der Waals surface area contributed by atoms with E-state index in [9.17, 15) is 8.42 Å². The first-order valence-electron chi connectivity index (χ1n) is 10.1. The van der Waals surface area contributed by atoms with E-state index in [1.807, 2.05) is 12.1 Å². The van der Waals surface area contributed by atoms with Crippen LogP contribution in [0.4, 0.5) is 0 Å². The van der Waals surface area contributed by atoms with Gasteiger partial charge in [-0.2, -0.15) is 8.42 Å². The molecule has 0 N–H and O–H groups in total. The highest BCUT2D eigenvalue weighted by molar-refractivity contribution is 7.87. The van der Waals surface area contributed by atoms with Gasteiger partial charge < -0.3 is 8.92 Å². The van der Waals surface area contributed by atoms with E-state index in [1.165, 1.54) is 11.1 Å². The molecule has 0 saturated carbocycles. The maximum absolute atomic E-state index is 12.7. The molecule has 5 rings (SSSR count). The summed E-state index contributed by atoms with van der Waals surface area (Å²) < 4.78 is 36.5. The van der Waals surface area contributed by atoms with E-state index in [4.69, 9.17) is 8.92 Å². The molecular weight excluding hydrogens is 398 g/mol. The van der Waals surface area contributed by atoms with Crippen LogP contribution in [0.3, 0.4) is 0 Å². The number of ether oxygens (including phenoxy) is 1. The molecule has 2 aliphatic rings. The molecule has 5 nitrogen and oxygen atoms in total. The van der Waals surface area contributed by atoms with Gasteiger partial charge in [0, 0.05) is 24.7 Å². The molecule has 0 fully saturated rings. The van der Waals surface area contributed by atoms with Crippen LogP contribution in [0, 0.1) is 0 Å². The van der Waals surface area contributed by atoms with Crippen LogP contribution >= 0.6 is 0 Å². The molecule has 0 radical (unpaired) electrons. The van der Waals surface area contributed by atoms with Gasteiger partial charge in [-0.3, -0.25) is 4.90 Å². The Morgan fingerprint density at radius 2 is 1.80 bits per heavy atom. The van der Waals surface area contributed by atoms with Crippen LogP contribution in [0.25, 0.3) is 0 Å². The Morgan fingerprint density at radius 1 is 0.967 bits per heavy atom. The third kappa shape index (κ3) is 3.36. The molecule has 1 unspecified atom stereocenters. The Hall–Kier alpha value is -2.83. The molecule has 2 aliphatic heterocycles. The van der Waals surface area contributed by atoms with Crippen molar-refractivity contribution in [2.24, 2.45) is 0 Å². The maximum atomic E-state index is 12.7. The molecule has 0 amide bonds. The summed E-state index contributed by atoms with van der Waals surface area (Å²) in [5, 5.41) is 0. The summed E-state index contributed by atoms with van der Waals surface area (Å²) in [6.45, 7) is 1.59. The van der Waals surface area contributed by atoms with Gasteiger partial charge in [-0.25, -0.2) is 0 Å². The zero-order chi connectivity index (χ0) is 20.7. The van der Waals surface area contributed by atoms with Crippen molar-refractivity contribution in [3.63, 3.8) is 0 Å². The van der Waals surface area contributed by atoms with Crippen LogP contribution < -0.4 is 8.92 Å². The molecule has 0 saturated heterocycles. The van der Waals surface area contributed by atoms with Gasteiger partial charge in [0.25, 0.3) is 0 Å². The molecular formula is C24H23NO4S. The largest absolute Gasteiger partial charge is 0.497 e. The number of methoxy groups -OCH3 is 1. The minimum Gasteiger partial charge on any atom is -0.497 e. The topological polar surface area (TPSA) is 55.8 Å². The average molecular weight is 422 g/mol. The number of hydrogen-bond acceptors (Lipinski definition) is 5. The first-order valence-corrected chi connectivity index (χ1v) is 11.5. The van der Waals surface area contributed by atoms with Gasteiger partial charge >= 0.3 is 10.1 Å². The lowest BCUT2D eigenvalue weighted by molar-refractivity contribution is 0.159. The van der Waals surface area contributed by atoms with Gasteiger partial charge in [0.15, 0.2) is 0 Å². The Morgan fingerprint density at radius 3 is 2.60 bits per heavy atom. The van der Waals surface area contributed by atoms with Gasteiger partial charge in [-0.05, 0) is 59.9 Å². The lowest BCUT2D eigenvalue weighted by atomic mass is 9.84. The highest BCUT2D eigenvalue weighted by Gasteiger charge is 2.34. The van der Waals surface area contributed by atoms with E-state index < -0.39 is 10.1 Å². The maximum Gasteiger partial charge on any atom is 0.339 e. The fraction of sp³-hybridized carbons (Fsp3) is 0.250. The van der Waals surface area contributed by atoms with Crippen LogP contribution in [0.2, 0.25) is 0 Å². The van der Waals surface area contributed by atoms with Gasteiger partial charge in [-0.15, -0.1) is 0 Å². The van der Waals surface area contributed by atoms with E-state index in [0.29, 0.717) is 12.3 Å². The Bertz CT molecular complexity index is 1190. The number of nitrogens with zero attached hydrogens (tertiary/aromatic N) is 1. The van der Waals surface area contributed by atoms with Gasteiger partial charge in [0.05, 0.1) is 7.11 Å². The van der Waals surface area contributed by atoms with Crippen molar-refractivity contribution < 1.29 is 17.3 Å². The van der Waals surface area contributed by atoms with E-state index in [2.05, 4.69) is 23.1 Å². The van der Waals surface area contributed by atoms with Crippen molar-refractivity contribution in [2.45, 2.75) is 30.3 Å². The Labute approximate surface area is 177 Å². The molecule has 0 aliphatic carbocycles. The Kier molecular flexibility index (Phi) is 4.76. The number of hydrogen-bond donors (Lipinski definition) is 0. The molecule has 0 aromatic heterocycles. The molecule has 3 aromatic carbocycles. The molecule has 2 heterocycles. The smallest absolute Gasteiger partial charge is 0.339 e. The standard InChI is InChI=1S/C24H23NO4S/c1-28-19-10-11-21-18(14-19)12-13-25-16-22-17(15-23(21)25)6-5-9-24(22)29-30(26,27)20-7-3-2-4-8-20/h2-11,14,23H,12-13,15-16H2,1H3. The van der Waals surface area contributed by atoms with Crippen molar-refractivity contribution in [3.8, 4) is 11.5 Å². The first kappa shape index (κ1) is 19.2. The average Bonchev–Trinajstić information content (AvgIpc) is 2.78. The fourth-order valence-electron chi connectivity index (χ4n) is 4.52. The molecule has 0 spiro atoms. The van der Waals surface area contributed by atoms with Crippen molar-refractivity contribution >= 4 is 10.1 Å². The third-order valence-corrected chi connectivity index (χ3v) is 7.30. The third-order valence-electron chi connectivity index (χ3n) is 6.05. The quantitative estimate of drug-likeness (QED) is 0.593. The van der Waals surface area contributed by atoms with Crippen LogP contribution in [0.5, 0.6) is 11.5 Å². The highest BCUT2D eigenvalue weighted by Crippen LogP contribution is 2.41. The van der Waals surface area contributed by atoms with Crippen molar-refractivity contribution in [3.05, 3.63) is 89.0 Å². The fourth-order valence-corrected chi connectivity index (χ4v) is 5.50. The normalized spacial score (nSPS) is 18.1. The zero-order valence-corrected chi connectivity index (χ0v) is 17.6. The minimum absolute atomic E-state index is 0.164. The summed E-state index contributed by atoms with van der Waals surface area (Å²) >= 11 is 0. The molecule has 6 heteroatoms. The van der Waals surface area contributed by atoms with Crippen LogP contribution in [0.1, 0.15) is 28.3 Å². The molecule has 3 aromatic rings. The van der Waals surface area contributed by atoms with Crippen LogP contribution in [-0.2, 0) is 29.5 Å². The molecule has 0 bridgehead atoms. The molecule has 1 atom stereocenters. The predicted octanol–water partition coefficient (Wildman–Crippen LogP) is 4.12. The summed E-state index contributed by atoms with van der Waals surface area (Å²) in [4.78, 5) is 2.58. The molecule has 154 valence electrons. The SMILES string of the molecule is COc1ccc2c(c1)CCN1Cc3c(cccc3OS(=O)(=O)c3ccccc3)CC21. The van der Waals surface area contributed by atoms with Crippen molar-refractivity contribution in [1.82, 2.24) is 4.90 Å². The summed E-state index contributed by atoms with van der Waals surface area (Å²) in [6, 6.07) is 20.6. The van der Waals surface area contributed by atoms with E-state index in [-0.39, 0.29) is 10.9 Å². The van der Waals surface area contributed by atoms with Gasteiger partial charge in [0.2, 0.25) is 0 Å². The summed E-state index contributed by atoms with van der Waals surface area (Å²) in [5.74, 6) is 1.32. The summed E-state index contributed by atoms with van der Waals surface area (Å²) in [5.41, 5.74) is 4.76. The monoisotopic (exact) mass is 421 g/mol. The zero-order valence-electron chi connectivity index (χ0n) is 16.7. The van der Waals surface area contributed by atoms with Crippen LogP contribution in [-0.4, -0.2) is 27.0 Å². The van der Waals surface area contributed by atoms with Crippen molar-refractivity contribution in [2.75, 3.05) is 13.7 Å². The molecule has 30 heavy (non-hydrogen) atoms. The Balaban J connectivity index is 1.47. The number of benzene rings is 3.